The first-order chi connectivity index (χ1) is 14.6. The van der Waals surface area contributed by atoms with Crippen molar-refractivity contribution in [3.63, 3.8) is 0 Å². The van der Waals surface area contributed by atoms with E-state index in [2.05, 4.69) is 61.0 Å². The molecule has 1 saturated heterocycles. The molecule has 1 amide bonds. The SMILES string of the molecule is CC(C)c1ccc(NC(=O)c2cncnc2)c(N2CCN(c3cnccn3)CC2)c1. The number of anilines is 3. The third-order valence-electron chi connectivity index (χ3n) is 5.25. The predicted molar refractivity (Wildman–Crippen MR) is 117 cm³/mol. The van der Waals surface area contributed by atoms with Crippen LogP contribution in [0.2, 0.25) is 0 Å². The molecule has 1 aromatic carbocycles. The molecule has 3 heterocycles. The highest BCUT2D eigenvalue weighted by atomic mass is 16.1. The quantitative estimate of drug-likeness (QED) is 0.701. The minimum absolute atomic E-state index is 0.215. The molecule has 0 bridgehead atoms. The average Bonchev–Trinajstić information content (AvgIpc) is 2.80. The molecule has 0 aliphatic carbocycles. The van der Waals surface area contributed by atoms with Gasteiger partial charge in [0.25, 0.3) is 5.91 Å². The van der Waals surface area contributed by atoms with Crippen molar-refractivity contribution in [3.05, 3.63) is 66.6 Å². The van der Waals surface area contributed by atoms with Crippen LogP contribution in [0.1, 0.15) is 35.7 Å². The number of hydrogen-bond acceptors (Lipinski definition) is 7. The number of carbonyl (C=O) groups excluding carboxylic acids is 1. The summed E-state index contributed by atoms with van der Waals surface area (Å²) in [6.07, 6.45) is 9.64. The van der Waals surface area contributed by atoms with E-state index in [9.17, 15) is 4.79 Å². The highest BCUT2D eigenvalue weighted by Crippen LogP contribution is 2.31. The standard InChI is InChI=1S/C22H25N7O/c1-16(2)17-3-4-19(27-22(30)18-12-24-15-25-13-18)20(11-17)28-7-9-29(10-8-28)21-14-23-5-6-26-21/h3-6,11-16H,7-10H2,1-2H3,(H,27,30). The van der Waals surface area contributed by atoms with Crippen LogP contribution in [0.5, 0.6) is 0 Å². The van der Waals surface area contributed by atoms with Gasteiger partial charge < -0.3 is 15.1 Å². The molecule has 154 valence electrons. The zero-order chi connectivity index (χ0) is 20.9. The molecule has 0 atom stereocenters. The average molecular weight is 403 g/mol. The maximum atomic E-state index is 12.7. The predicted octanol–water partition coefficient (Wildman–Crippen LogP) is 2.97. The molecule has 0 saturated carbocycles. The molecule has 0 radical (unpaired) electrons. The molecule has 0 spiro atoms. The topological polar surface area (TPSA) is 87.1 Å². The van der Waals surface area contributed by atoms with E-state index in [0.717, 1.165) is 43.4 Å². The Balaban J connectivity index is 1.55. The zero-order valence-electron chi connectivity index (χ0n) is 17.2. The third kappa shape index (κ3) is 4.37. The summed E-state index contributed by atoms with van der Waals surface area (Å²) in [4.78, 5) is 33.7. The molecule has 1 N–H and O–H groups in total. The molecule has 2 aromatic heterocycles. The van der Waals surface area contributed by atoms with Gasteiger partial charge >= 0.3 is 0 Å². The van der Waals surface area contributed by atoms with Crippen LogP contribution < -0.4 is 15.1 Å². The zero-order valence-corrected chi connectivity index (χ0v) is 17.2. The van der Waals surface area contributed by atoms with Crippen molar-refractivity contribution in [1.29, 1.82) is 0 Å². The lowest BCUT2D eigenvalue weighted by Gasteiger charge is -2.37. The maximum absolute atomic E-state index is 12.7. The van der Waals surface area contributed by atoms with Crippen LogP contribution in [0.15, 0.2) is 55.5 Å². The Morgan fingerprint density at radius 3 is 2.37 bits per heavy atom. The highest BCUT2D eigenvalue weighted by molar-refractivity contribution is 6.05. The number of aromatic nitrogens is 4. The van der Waals surface area contributed by atoms with E-state index in [4.69, 9.17) is 0 Å². The van der Waals surface area contributed by atoms with Gasteiger partial charge in [-0.3, -0.25) is 9.78 Å². The molecular weight excluding hydrogens is 378 g/mol. The Morgan fingerprint density at radius 2 is 1.70 bits per heavy atom. The van der Waals surface area contributed by atoms with E-state index >= 15 is 0 Å². The fraction of sp³-hybridized carbons (Fsp3) is 0.318. The minimum atomic E-state index is -0.215. The van der Waals surface area contributed by atoms with Crippen LogP contribution >= 0.6 is 0 Å². The summed E-state index contributed by atoms with van der Waals surface area (Å²) >= 11 is 0. The van der Waals surface area contributed by atoms with Crippen molar-refractivity contribution in [2.45, 2.75) is 19.8 Å². The Labute approximate surface area is 176 Å². The van der Waals surface area contributed by atoms with Crippen molar-refractivity contribution in [1.82, 2.24) is 19.9 Å². The summed E-state index contributed by atoms with van der Waals surface area (Å²) in [5.41, 5.74) is 3.50. The van der Waals surface area contributed by atoms with Crippen LogP contribution in [0.4, 0.5) is 17.2 Å². The van der Waals surface area contributed by atoms with Crippen molar-refractivity contribution in [2.75, 3.05) is 41.3 Å². The number of amides is 1. The molecule has 3 aromatic rings. The monoisotopic (exact) mass is 403 g/mol. The smallest absolute Gasteiger partial charge is 0.258 e. The van der Waals surface area contributed by atoms with Crippen LogP contribution in [0.25, 0.3) is 0 Å². The number of nitrogens with zero attached hydrogens (tertiary/aromatic N) is 6. The van der Waals surface area contributed by atoms with Crippen molar-refractivity contribution in [3.8, 4) is 0 Å². The lowest BCUT2D eigenvalue weighted by atomic mass is 10.0. The van der Waals surface area contributed by atoms with E-state index in [-0.39, 0.29) is 5.91 Å². The highest BCUT2D eigenvalue weighted by Gasteiger charge is 2.22. The van der Waals surface area contributed by atoms with E-state index in [1.807, 2.05) is 6.07 Å². The van der Waals surface area contributed by atoms with Gasteiger partial charge in [0.1, 0.15) is 12.1 Å². The number of benzene rings is 1. The van der Waals surface area contributed by atoms with E-state index < -0.39 is 0 Å². The first kappa shape index (κ1) is 19.8. The second-order valence-electron chi connectivity index (χ2n) is 7.55. The molecule has 8 nitrogen and oxygen atoms in total. The second kappa shape index (κ2) is 8.86. The molecular formula is C22H25N7O. The van der Waals surface area contributed by atoms with Gasteiger partial charge in [-0.2, -0.15) is 0 Å². The summed E-state index contributed by atoms with van der Waals surface area (Å²) in [5, 5.41) is 3.04. The minimum Gasteiger partial charge on any atom is -0.366 e. The number of piperazine rings is 1. The number of carbonyl (C=O) groups is 1. The summed E-state index contributed by atoms with van der Waals surface area (Å²) < 4.78 is 0. The molecule has 1 fully saturated rings. The van der Waals surface area contributed by atoms with Gasteiger partial charge in [-0.15, -0.1) is 0 Å². The van der Waals surface area contributed by atoms with E-state index in [1.54, 1.807) is 18.6 Å². The van der Waals surface area contributed by atoms with Crippen molar-refractivity contribution >= 4 is 23.1 Å². The van der Waals surface area contributed by atoms with Gasteiger partial charge in [-0.1, -0.05) is 19.9 Å². The normalized spacial score (nSPS) is 14.1. The van der Waals surface area contributed by atoms with Gasteiger partial charge in [0.2, 0.25) is 0 Å². The summed E-state index contributed by atoms with van der Waals surface area (Å²) in [6, 6.07) is 6.24. The van der Waals surface area contributed by atoms with Gasteiger partial charge in [-0.05, 0) is 23.6 Å². The van der Waals surface area contributed by atoms with Crippen molar-refractivity contribution < 1.29 is 4.79 Å². The van der Waals surface area contributed by atoms with Crippen LogP contribution in [-0.2, 0) is 0 Å². The molecule has 8 heteroatoms. The Bertz CT molecular complexity index is 987. The molecule has 1 aliphatic rings. The summed E-state index contributed by atoms with van der Waals surface area (Å²) in [5.74, 6) is 1.08. The lowest BCUT2D eigenvalue weighted by molar-refractivity contribution is 0.102. The number of rotatable bonds is 5. The fourth-order valence-electron chi connectivity index (χ4n) is 3.52. The van der Waals surface area contributed by atoms with Crippen molar-refractivity contribution in [2.24, 2.45) is 0 Å². The van der Waals surface area contributed by atoms with Gasteiger partial charge in [0.15, 0.2) is 0 Å². The van der Waals surface area contributed by atoms with Crippen LogP contribution in [-0.4, -0.2) is 52.0 Å². The fourth-order valence-corrected chi connectivity index (χ4v) is 3.52. The number of nitrogens with one attached hydrogen (secondary N) is 1. The van der Waals surface area contributed by atoms with E-state index in [1.165, 1.54) is 24.3 Å². The number of hydrogen-bond donors (Lipinski definition) is 1. The van der Waals surface area contributed by atoms with Gasteiger partial charge in [-0.25, -0.2) is 15.0 Å². The van der Waals surface area contributed by atoms with E-state index in [0.29, 0.717) is 11.5 Å². The maximum Gasteiger partial charge on any atom is 0.258 e. The largest absolute Gasteiger partial charge is 0.366 e. The Kier molecular flexibility index (Phi) is 5.83. The first-order valence-electron chi connectivity index (χ1n) is 10.1. The van der Waals surface area contributed by atoms with Gasteiger partial charge in [0, 0.05) is 51.0 Å². The first-order valence-corrected chi connectivity index (χ1v) is 10.1. The molecule has 0 unspecified atom stereocenters. The summed E-state index contributed by atoms with van der Waals surface area (Å²) in [7, 11) is 0. The third-order valence-corrected chi connectivity index (χ3v) is 5.25. The Hall–Kier alpha value is -3.55. The molecule has 4 rings (SSSR count). The Morgan fingerprint density at radius 1 is 0.967 bits per heavy atom. The molecule has 1 aliphatic heterocycles. The lowest BCUT2D eigenvalue weighted by Crippen LogP contribution is -2.47. The molecule has 30 heavy (non-hydrogen) atoms. The summed E-state index contributed by atoms with van der Waals surface area (Å²) in [6.45, 7) is 7.68. The van der Waals surface area contributed by atoms with Gasteiger partial charge in [0.05, 0.1) is 23.1 Å². The van der Waals surface area contributed by atoms with Crippen LogP contribution in [0, 0.1) is 0 Å². The van der Waals surface area contributed by atoms with Crippen LogP contribution in [0.3, 0.4) is 0 Å². The second-order valence-corrected chi connectivity index (χ2v) is 7.55.